The number of benzene rings is 1. The Hall–Kier alpha value is -2.80. The van der Waals surface area contributed by atoms with E-state index in [9.17, 15) is 4.79 Å². The van der Waals surface area contributed by atoms with E-state index in [2.05, 4.69) is 20.8 Å². The molecule has 0 bridgehead atoms. The van der Waals surface area contributed by atoms with E-state index in [1.807, 2.05) is 49.6 Å². The molecule has 124 valence electrons. The van der Waals surface area contributed by atoms with Crippen molar-refractivity contribution < 1.29 is 9.53 Å². The number of esters is 1. The van der Waals surface area contributed by atoms with Crippen LogP contribution in [0.15, 0.2) is 35.7 Å². The maximum absolute atomic E-state index is 11.9. The van der Waals surface area contributed by atoms with E-state index < -0.39 is 0 Å². The average molecular weight is 342 g/mol. The van der Waals surface area contributed by atoms with Crippen molar-refractivity contribution in [2.45, 2.75) is 13.8 Å². The molecule has 3 N–H and O–H groups in total. The van der Waals surface area contributed by atoms with E-state index in [0.717, 1.165) is 33.5 Å². The van der Waals surface area contributed by atoms with Crippen LogP contribution >= 0.6 is 11.3 Å². The molecule has 0 saturated heterocycles. The molecule has 2 heterocycles. The van der Waals surface area contributed by atoms with Gasteiger partial charge >= 0.3 is 5.97 Å². The fourth-order valence-corrected chi connectivity index (χ4v) is 3.16. The van der Waals surface area contributed by atoms with Crippen LogP contribution in [0.5, 0.6) is 0 Å². The molecule has 0 aliphatic carbocycles. The molecule has 3 aromatic rings. The summed E-state index contributed by atoms with van der Waals surface area (Å²) in [4.78, 5) is 19.7. The Bertz CT molecular complexity index is 855. The van der Waals surface area contributed by atoms with Crippen LogP contribution in [0.3, 0.4) is 0 Å². The quantitative estimate of drug-likeness (QED) is 0.483. The monoisotopic (exact) mass is 342 g/mol. The van der Waals surface area contributed by atoms with Gasteiger partial charge in [-0.25, -0.2) is 9.78 Å². The number of thiazole rings is 1. The molecule has 7 heteroatoms. The van der Waals surface area contributed by atoms with Gasteiger partial charge in [-0.3, -0.25) is 10.9 Å². The molecule has 0 amide bonds. The summed E-state index contributed by atoms with van der Waals surface area (Å²) in [6.45, 7) is 3.74. The van der Waals surface area contributed by atoms with Gasteiger partial charge in [0.05, 0.1) is 24.1 Å². The lowest BCUT2D eigenvalue weighted by Crippen LogP contribution is -2.07. The number of hydrogen-bond donors (Lipinski definition) is 3. The SMILES string of the molecule is COC(=O)c1c(C)[nH]c(-c2csc(NNc3ccccc3)n2)c1C. The van der Waals surface area contributed by atoms with Gasteiger partial charge in [0.1, 0.15) is 5.69 Å². The van der Waals surface area contributed by atoms with Crippen molar-refractivity contribution in [1.82, 2.24) is 9.97 Å². The summed E-state index contributed by atoms with van der Waals surface area (Å²) < 4.78 is 4.84. The van der Waals surface area contributed by atoms with Gasteiger partial charge in [0.2, 0.25) is 5.13 Å². The van der Waals surface area contributed by atoms with Crippen LogP contribution in [-0.2, 0) is 4.74 Å². The molecular formula is C17H18N4O2S. The molecular weight excluding hydrogens is 324 g/mol. The molecule has 0 spiro atoms. The standard InChI is InChI=1S/C17H18N4O2S/c1-10-14(16(22)23-3)11(2)18-15(10)13-9-24-17(19-13)21-20-12-7-5-4-6-8-12/h4-9,18,20H,1-3H3,(H,19,21). The molecule has 0 fully saturated rings. The highest BCUT2D eigenvalue weighted by molar-refractivity contribution is 7.14. The van der Waals surface area contributed by atoms with Crippen molar-refractivity contribution in [1.29, 1.82) is 0 Å². The largest absolute Gasteiger partial charge is 0.465 e. The van der Waals surface area contributed by atoms with Crippen LogP contribution in [0.25, 0.3) is 11.4 Å². The van der Waals surface area contributed by atoms with E-state index in [1.165, 1.54) is 18.4 Å². The predicted molar refractivity (Wildman–Crippen MR) is 96.4 cm³/mol. The van der Waals surface area contributed by atoms with Gasteiger partial charge < -0.3 is 9.72 Å². The second-order valence-electron chi connectivity index (χ2n) is 5.27. The highest BCUT2D eigenvalue weighted by atomic mass is 32.1. The Morgan fingerprint density at radius 2 is 1.96 bits per heavy atom. The number of nitrogens with zero attached hydrogens (tertiary/aromatic N) is 1. The van der Waals surface area contributed by atoms with Gasteiger partial charge in [0.25, 0.3) is 0 Å². The summed E-state index contributed by atoms with van der Waals surface area (Å²) in [5, 5.41) is 2.68. The van der Waals surface area contributed by atoms with Crippen molar-refractivity contribution in [2.75, 3.05) is 18.0 Å². The maximum atomic E-state index is 11.9. The highest BCUT2D eigenvalue weighted by Crippen LogP contribution is 2.30. The number of hydrazine groups is 1. The summed E-state index contributed by atoms with van der Waals surface area (Å²) in [5.41, 5.74) is 10.9. The lowest BCUT2D eigenvalue weighted by Gasteiger charge is -2.05. The average Bonchev–Trinajstić information content (AvgIpc) is 3.18. The van der Waals surface area contributed by atoms with E-state index >= 15 is 0 Å². The minimum atomic E-state index is -0.341. The van der Waals surface area contributed by atoms with Crippen LogP contribution in [0.2, 0.25) is 0 Å². The number of para-hydroxylation sites is 1. The maximum Gasteiger partial charge on any atom is 0.339 e. The van der Waals surface area contributed by atoms with Crippen LogP contribution in [0, 0.1) is 13.8 Å². The van der Waals surface area contributed by atoms with E-state index in [1.54, 1.807) is 0 Å². The zero-order valence-electron chi connectivity index (χ0n) is 13.6. The third-order valence-corrected chi connectivity index (χ3v) is 4.43. The molecule has 1 aromatic carbocycles. The van der Waals surface area contributed by atoms with Crippen molar-refractivity contribution in [3.8, 4) is 11.4 Å². The van der Waals surface area contributed by atoms with E-state index in [-0.39, 0.29) is 5.97 Å². The molecule has 2 aromatic heterocycles. The number of H-pyrrole nitrogens is 1. The lowest BCUT2D eigenvalue weighted by molar-refractivity contribution is 0.0599. The van der Waals surface area contributed by atoms with Gasteiger partial charge in [-0.15, -0.1) is 11.3 Å². The molecule has 0 radical (unpaired) electrons. The topological polar surface area (TPSA) is 79.0 Å². The normalized spacial score (nSPS) is 10.5. The number of carbonyl (C=O) groups is 1. The fourth-order valence-electron chi connectivity index (χ4n) is 2.51. The molecule has 0 aliphatic heterocycles. The smallest absolute Gasteiger partial charge is 0.339 e. The summed E-state index contributed by atoms with van der Waals surface area (Å²) in [6.07, 6.45) is 0. The minimum Gasteiger partial charge on any atom is -0.465 e. The van der Waals surface area contributed by atoms with Crippen LogP contribution in [0.1, 0.15) is 21.6 Å². The molecule has 0 unspecified atom stereocenters. The third kappa shape index (κ3) is 3.11. The zero-order chi connectivity index (χ0) is 17.1. The predicted octanol–water partition coefficient (Wildman–Crippen LogP) is 3.98. The Morgan fingerprint density at radius 1 is 1.21 bits per heavy atom. The first-order valence-corrected chi connectivity index (χ1v) is 8.28. The number of carbonyl (C=O) groups excluding carboxylic acids is 1. The molecule has 0 atom stereocenters. The molecule has 6 nitrogen and oxygen atoms in total. The van der Waals surface area contributed by atoms with Crippen LogP contribution in [0.4, 0.5) is 10.8 Å². The van der Waals surface area contributed by atoms with Gasteiger partial charge in [0, 0.05) is 11.1 Å². The fraction of sp³-hybridized carbons (Fsp3) is 0.176. The summed E-state index contributed by atoms with van der Waals surface area (Å²) in [5.74, 6) is -0.341. The first-order chi connectivity index (χ1) is 11.6. The van der Waals surface area contributed by atoms with Crippen molar-refractivity contribution in [3.63, 3.8) is 0 Å². The van der Waals surface area contributed by atoms with Crippen molar-refractivity contribution >= 4 is 28.1 Å². The first kappa shape index (κ1) is 16.1. The number of rotatable bonds is 5. The number of nitrogens with one attached hydrogen (secondary N) is 3. The Morgan fingerprint density at radius 3 is 2.67 bits per heavy atom. The van der Waals surface area contributed by atoms with Crippen LogP contribution < -0.4 is 10.9 Å². The number of ether oxygens (including phenoxy) is 1. The zero-order valence-corrected chi connectivity index (χ0v) is 14.5. The van der Waals surface area contributed by atoms with Gasteiger partial charge in [-0.05, 0) is 31.5 Å². The number of aryl methyl sites for hydroxylation is 1. The molecule has 0 aliphatic rings. The molecule has 0 saturated carbocycles. The highest BCUT2D eigenvalue weighted by Gasteiger charge is 2.20. The number of methoxy groups -OCH3 is 1. The Labute approximate surface area is 143 Å². The molecule has 24 heavy (non-hydrogen) atoms. The van der Waals surface area contributed by atoms with Gasteiger partial charge in [0.15, 0.2) is 0 Å². The number of aromatic amines is 1. The summed E-state index contributed by atoms with van der Waals surface area (Å²) >= 11 is 1.48. The second kappa shape index (κ2) is 6.76. The molecule has 3 rings (SSSR count). The van der Waals surface area contributed by atoms with Gasteiger partial charge in [-0.2, -0.15) is 0 Å². The number of aromatic nitrogens is 2. The minimum absolute atomic E-state index is 0.341. The second-order valence-corrected chi connectivity index (χ2v) is 6.13. The summed E-state index contributed by atoms with van der Waals surface area (Å²) in [6, 6.07) is 9.79. The summed E-state index contributed by atoms with van der Waals surface area (Å²) in [7, 11) is 1.38. The van der Waals surface area contributed by atoms with Crippen molar-refractivity contribution in [2.24, 2.45) is 0 Å². The Kier molecular flexibility index (Phi) is 4.52. The van der Waals surface area contributed by atoms with Crippen molar-refractivity contribution in [3.05, 3.63) is 52.5 Å². The van der Waals surface area contributed by atoms with Crippen LogP contribution in [-0.4, -0.2) is 23.0 Å². The van der Waals surface area contributed by atoms with Gasteiger partial charge in [-0.1, -0.05) is 18.2 Å². The Balaban J connectivity index is 1.80. The lowest BCUT2D eigenvalue weighted by atomic mass is 10.1. The number of hydrogen-bond acceptors (Lipinski definition) is 6. The number of anilines is 2. The van der Waals surface area contributed by atoms with E-state index in [4.69, 9.17) is 4.74 Å². The van der Waals surface area contributed by atoms with E-state index in [0.29, 0.717) is 5.56 Å². The first-order valence-electron chi connectivity index (χ1n) is 7.40. The third-order valence-electron chi connectivity index (χ3n) is 3.67.